The first-order valence-corrected chi connectivity index (χ1v) is 9.88. The number of ether oxygens (including phenoxy) is 3. The number of aliphatic hydroxyl groups is 3. The highest BCUT2D eigenvalue weighted by Crippen LogP contribution is 2.39. The molecule has 1 fully saturated rings. The minimum atomic E-state index is -1.62. The molecule has 11 nitrogen and oxygen atoms in total. The zero-order chi connectivity index (χ0) is 24.0. The Morgan fingerprint density at radius 3 is 2.39 bits per heavy atom. The fourth-order valence-corrected chi connectivity index (χ4v) is 3.67. The molecule has 0 spiro atoms. The highest BCUT2D eigenvalue weighted by molar-refractivity contribution is 5.88. The quantitative estimate of drug-likeness (QED) is 0.316. The van der Waals surface area contributed by atoms with Crippen molar-refractivity contribution >= 4 is 11.0 Å². The Morgan fingerprint density at radius 2 is 1.76 bits per heavy atom. The van der Waals surface area contributed by atoms with Crippen molar-refractivity contribution in [1.29, 1.82) is 0 Å². The second-order valence-corrected chi connectivity index (χ2v) is 7.62. The number of phenolic OH excluding ortho intramolecular Hbond substituents is 3. The number of hydrogen-bond donors (Lipinski definition) is 6. The summed E-state index contributed by atoms with van der Waals surface area (Å²) < 4.78 is 21.9. The maximum Gasteiger partial charge on any atom is 0.239 e. The third kappa shape index (κ3) is 3.91. The SMILES string of the molecule is COc1cc(-c2oc3cc(O)cc(O)c3c(=O)c2OC2OC(C(C)O)C(O)C2O)ccc1O. The number of phenols is 3. The van der Waals surface area contributed by atoms with Crippen LogP contribution in [0.25, 0.3) is 22.3 Å². The molecule has 1 saturated heterocycles. The van der Waals surface area contributed by atoms with E-state index in [2.05, 4.69) is 0 Å². The van der Waals surface area contributed by atoms with Crippen LogP contribution in [0.5, 0.6) is 28.7 Å². The largest absolute Gasteiger partial charge is 0.508 e. The predicted octanol–water partition coefficient (Wildman–Crippen LogP) is 0.792. The van der Waals surface area contributed by atoms with Crippen LogP contribution in [0.1, 0.15) is 6.92 Å². The van der Waals surface area contributed by atoms with Gasteiger partial charge in [0.25, 0.3) is 0 Å². The van der Waals surface area contributed by atoms with Gasteiger partial charge in [-0.15, -0.1) is 0 Å². The van der Waals surface area contributed by atoms with E-state index in [9.17, 15) is 35.4 Å². The zero-order valence-corrected chi connectivity index (χ0v) is 17.5. The average Bonchev–Trinajstić information content (AvgIpc) is 3.04. The van der Waals surface area contributed by atoms with E-state index in [1.165, 1.54) is 32.2 Å². The van der Waals surface area contributed by atoms with Gasteiger partial charge in [0, 0.05) is 17.7 Å². The smallest absolute Gasteiger partial charge is 0.239 e. The molecular formula is C22H22O11. The Morgan fingerprint density at radius 1 is 1.03 bits per heavy atom. The van der Waals surface area contributed by atoms with Gasteiger partial charge in [0.2, 0.25) is 17.5 Å². The van der Waals surface area contributed by atoms with Crippen molar-refractivity contribution in [3.8, 4) is 40.1 Å². The Kier molecular flexibility index (Phi) is 5.80. The van der Waals surface area contributed by atoms with Crippen LogP contribution in [0.2, 0.25) is 0 Å². The monoisotopic (exact) mass is 462 g/mol. The lowest BCUT2D eigenvalue weighted by molar-refractivity contribution is -0.129. The first kappa shape index (κ1) is 22.7. The van der Waals surface area contributed by atoms with E-state index in [-0.39, 0.29) is 39.5 Å². The van der Waals surface area contributed by atoms with Crippen molar-refractivity contribution in [3.63, 3.8) is 0 Å². The van der Waals surface area contributed by atoms with Gasteiger partial charge in [0.1, 0.15) is 40.8 Å². The summed E-state index contributed by atoms with van der Waals surface area (Å²) in [5.74, 6) is -1.74. The van der Waals surface area contributed by atoms with Crippen LogP contribution in [0.15, 0.2) is 39.5 Å². The van der Waals surface area contributed by atoms with E-state index in [1.807, 2.05) is 0 Å². The Bertz CT molecular complexity index is 1250. The third-order valence-corrected chi connectivity index (χ3v) is 5.33. The van der Waals surface area contributed by atoms with Crippen molar-refractivity contribution in [2.24, 2.45) is 0 Å². The van der Waals surface area contributed by atoms with E-state index in [0.717, 1.165) is 12.1 Å². The molecule has 33 heavy (non-hydrogen) atoms. The predicted molar refractivity (Wildman–Crippen MR) is 112 cm³/mol. The molecule has 0 amide bonds. The van der Waals surface area contributed by atoms with Crippen molar-refractivity contribution in [1.82, 2.24) is 0 Å². The van der Waals surface area contributed by atoms with Crippen LogP contribution in [-0.4, -0.2) is 68.5 Å². The van der Waals surface area contributed by atoms with Crippen LogP contribution in [0, 0.1) is 0 Å². The molecule has 1 aliphatic rings. The summed E-state index contributed by atoms with van der Waals surface area (Å²) in [4.78, 5) is 13.3. The molecule has 5 unspecified atom stereocenters. The van der Waals surface area contributed by atoms with Crippen molar-refractivity contribution in [2.75, 3.05) is 7.11 Å². The molecule has 4 rings (SSSR count). The van der Waals surface area contributed by atoms with Gasteiger partial charge >= 0.3 is 0 Å². The summed E-state index contributed by atoms with van der Waals surface area (Å²) in [5.41, 5.74) is -0.815. The van der Waals surface area contributed by atoms with Crippen LogP contribution >= 0.6 is 0 Å². The standard InChI is InChI=1S/C22H22O11/c1-8(23)19-17(28)18(29)22(32-19)33-21-16(27)15-12(26)6-10(24)7-14(15)31-20(21)9-3-4-11(25)13(5-9)30-2/h3-8,17-19,22-26,28-29H,1-2H3. The van der Waals surface area contributed by atoms with E-state index in [4.69, 9.17) is 18.6 Å². The molecule has 0 aliphatic carbocycles. The topological polar surface area (TPSA) is 179 Å². The molecule has 176 valence electrons. The molecule has 0 saturated carbocycles. The molecule has 0 radical (unpaired) electrons. The fraction of sp³-hybridized carbons (Fsp3) is 0.318. The van der Waals surface area contributed by atoms with Crippen molar-refractivity contribution in [3.05, 3.63) is 40.6 Å². The van der Waals surface area contributed by atoms with Gasteiger partial charge in [-0.25, -0.2) is 0 Å². The number of fused-ring (bicyclic) bond motifs is 1. The summed E-state index contributed by atoms with van der Waals surface area (Å²) in [5, 5.41) is 59.9. The highest BCUT2D eigenvalue weighted by atomic mass is 16.7. The van der Waals surface area contributed by atoms with Crippen LogP contribution in [0.4, 0.5) is 0 Å². The second-order valence-electron chi connectivity index (χ2n) is 7.62. The summed E-state index contributed by atoms with van der Waals surface area (Å²) in [6.45, 7) is 1.35. The lowest BCUT2D eigenvalue weighted by Gasteiger charge is -2.19. The van der Waals surface area contributed by atoms with Gasteiger partial charge < -0.3 is 49.3 Å². The number of hydrogen-bond acceptors (Lipinski definition) is 11. The summed E-state index contributed by atoms with van der Waals surface area (Å²) in [6, 6.07) is 6.11. The first-order chi connectivity index (χ1) is 15.6. The lowest BCUT2D eigenvalue weighted by atomic mass is 10.1. The Labute approximate surface area is 186 Å². The van der Waals surface area contributed by atoms with Gasteiger partial charge in [-0.1, -0.05) is 0 Å². The van der Waals surface area contributed by atoms with Crippen LogP contribution in [-0.2, 0) is 4.74 Å². The van der Waals surface area contributed by atoms with Crippen molar-refractivity contribution < 1.29 is 49.3 Å². The van der Waals surface area contributed by atoms with Crippen LogP contribution in [0.3, 0.4) is 0 Å². The van der Waals surface area contributed by atoms with E-state index >= 15 is 0 Å². The van der Waals surface area contributed by atoms with Gasteiger partial charge in [0.15, 0.2) is 17.3 Å². The summed E-state index contributed by atoms with van der Waals surface area (Å²) >= 11 is 0. The molecule has 2 heterocycles. The minimum Gasteiger partial charge on any atom is -0.508 e. The molecule has 6 N–H and O–H groups in total. The van der Waals surface area contributed by atoms with E-state index in [0.29, 0.717) is 0 Å². The van der Waals surface area contributed by atoms with Gasteiger partial charge in [-0.3, -0.25) is 4.79 Å². The number of rotatable bonds is 5. The minimum absolute atomic E-state index is 0.0571. The van der Waals surface area contributed by atoms with Gasteiger partial charge in [-0.05, 0) is 25.1 Å². The molecule has 2 aromatic carbocycles. The average molecular weight is 462 g/mol. The molecule has 1 aliphatic heterocycles. The van der Waals surface area contributed by atoms with E-state index < -0.39 is 47.6 Å². The normalized spacial score (nSPS) is 23.5. The number of methoxy groups -OCH3 is 1. The molecule has 5 atom stereocenters. The molecule has 3 aromatic rings. The summed E-state index contributed by atoms with van der Waals surface area (Å²) in [7, 11) is 1.32. The second kappa shape index (κ2) is 8.45. The number of aromatic hydroxyl groups is 3. The van der Waals surface area contributed by atoms with Gasteiger partial charge in [-0.2, -0.15) is 0 Å². The lowest BCUT2D eigenvalue weighted by Crippen LogP contribution is -2.38. The zero-order valence-electron chi connectivity index (χ0n) is 17.5. The highest BCUT2D eigenvalue weighted by Gasteiger charge is 2.47. The maximum absolute atomic E-state index is 13.3. The first-order valence-electron chi connectivity index (χ1n) is 9.88. The molecule has 0 bridgehead atoms. The molecular weight excluding hydrogens is 440 g/mol. The maximum atomic E-state index is 13.3. The molecule has 11 heteroatoms. The van der Waals surface area contributed by atoms with Crippen LogP contribution < -0.4 is 14.9 Å². The van der Waals surface area contributed by atoms with Gasteiger partial charge in [0.05, 0.1) is 13.2 Å². The molecule has 1 aromatic heterocycles. The van der Waals surface area contributed by atoms with E-state index in [1.54, 1.807) is 0 Å². The fourth-order valence-electron chi connectivity index (χ4n) is 3.67. The number of benzene rings is 2. The summed E-state index contributed by atoms with van der Waals surface area (Å²) in [6.07, 6.45) is -7.00. The number of aliphatic hydroxyl groups excluding tert-OH is 3. The Balaban J connectivity index is 1.91. The Hall–Kier alpha value is -3.51. The van der Waals surface area contributed by atoms with Crippen molar-refractivity contribution in [2.45, 2.75) is 37.6 Å². The third-order valence-electron chi connectivity index (χ3n) is 5.33.